The summed E-state index contributed by atoms with van der Waals surface area (Å²) in [5.74, 6) is -1.14. The van der Waals surface area contributed by atoms with Crippen molar-refractivity contribution in [3.8, 4) is 0 Å². The van der Waals surface area contributed by atoms with Crippen LogP contribution in [0.3, 0.4) is 0 Å². The van der Waals surface area contributed by atoms with Crippen LogP contribution in [0.25, 0.3) is 11.2 Å². The van der Waals surface area contributed by atoms with Gasteiger partial charge in [0.15, 0.2) is 5.65 Å². The second-order valence-corrected chi connectivity index (χ2v) is 6.23. The second-order valence-electron chi connectivity index (χ2n) is 5.16. The maximum atomic E-state index is 11.3. The van der Waals surface area contributed by atoms with Gasteiger partial charge in [0.25, 0.3) is 0 Å². The highest BCUT2D eigenvalue weighted by atomic mass is 32.2. The molecule has 0 aliphatic heterocycles. The van der Waals surface area contributed by atoms with E-state index in [1.54, 1.807) is 6.92 Å². The first-order chi connectivity index (χ1) is 11.1. The first-order valence-corrected chi connectivity index (χ1v) is 8.04. The Bertz CT molecular complexity index is 862. The number of carbonyl (C=O) groups excluding carboxylic acids is 1. The summed E-state index contributed by atoms with van der Waals surface area (Å²) in [5.41, 5.74) is 2.26. The van der Waals surface area contributed by atoms with E-state index < -0.39 is 12.0 Å². The monoisotopic (exact) mass is 327 g/mol. The molecule has 3 aromatic rings. The minimum atomic E-state index is -1.14. The number of nitrogens with zero attached hydrogens (tertiary/aromatic N) is 4. The molecule has 0 fully saturated rings. The SMILES string of the molecule is CCC(C(=O)[O-])n1cnc2c(Sc3cccc(C)c3)ncnc21. The number of rotatable bonds is 5. The minimum Gasteiger partial charge on any atom is -0.548 e. The van der Waals surface area contributed by atoms with Crippen LogP contribution >= 0.6 is 11.8 Å². The van der Waals surface area contributed by atoms with Gasteiger partial charge in [-0.25, -0.2) is 15.0 Å². The number of carbonyl (C=O) groups is 1. The topological polar surface area (TPSA) is 83.7 Å². The minimum absolute atomic E-state index is 0.401. The Kier molecular flexibility index (Phi) is 4.29. The molecule has 1 atom stereocenters. The molecule has 0 bridgehead atoms. The molecule has 0 aliphatic rings. The Morgan fingerprint density at radius 1 is 1.35 bits per heavy atom. The summed E-state index contributed by atoms with van der Waals surface area (Å²) in [6.07, 6.45) is 3.32. The number of hydrogen-bond acceptors (Lipinski definition) is 6. The van der Waals surface area contributed by atoms with Crippen molar-refractivity contribution >= 4 is 28.9 Å². The van der Waals surface area contributed by atoms with Crippen molar-refractivity contribution in [3.05, 3.63) is 42.5 Å². The molecule has 2 aromatic heterocycles. The lowest BCUT2D eigenvalue weighted by Crippen LogP contribution is -2.32. The largest absolute Gasteiger partial charge is 0.548 e. The van der Waals surface area contributed by atoms with Crippen LogP contribution in [0.15, 0.2) is 46.8 Å². The number of hydrogen-bond donors (Lipinski definition) is 0. The molecule has 0 aliphatic carbocycles. The highest BCUT2D eigenvalue weighted by molar-refractivity contribution is 7.99. The molecule has 0 amide bonds. The van der Waals surface area contributed by atoms with Gasteiger partial charge in [0.05, 0.1) is 18.3 Å². The van der Waals surface area contributed by atoms with Gasteiger partial charge >= 0.3 is 0 Å². The molecule has 0 saturated carbocycles. The summed E-state index contributed by atoms with van der Waals surface area (Å²) in [4.78, 5) is 25.1. The van der Waals surface area contributed by atoms with Gasteiger partial charge in [-0.05, 0) is 25.5 Å². The van der Waals surface area contributed by atoms with Crippen LogP contribution in [0.5, 0.6) is 0 Å². The average molecular weight is 327 g/mol. The Labute approximate surface area is 137 Å². The summed E-state index contributed by atoms with van der Waals surface area (Å²) >= 11 is 1.48. The number of aryl methyl sites for hydroxylation is 1. The number of carboxylic acids is 1. The molecule has 23 heavy (non-hydrogen) atoms. The molecule has 3 rings (SSSR count). The van der Waals surface area contributed by atoms with E-state index in [2.05, 4.69) is 21.0 Å². The number of fused-ring (bicyclic) bond motifs is 1. The summed E-state index contributed by atoms with van der Waals surface area (Å²) in [6, 6.07) is 7.29. The van der Waals surface area contributed by atoms with Crippen LogP contribution in [-0.2, 0) is 4.79 Å². The fourth-order valence-electron chi connectivity index (χ4n) is 2.40. The third-order valence-electron chi connectivity index (χ3n) is 3.52. The fourth-order valence-corrected chi connectivity index (χ4v) is 3.36. The molecule has 1 aromatic carbocycles. The van der Waals surface area contributed by atoms with Crippen LogP contribution in [-0.4, -0.2) is 25.5 Å². The van der Waals surface area contributed by atoms with Crippen molar-refractivity contribution in [2.75, 3.05) is 0 Å². The number of carboxylic acid groups (broad SMARTS) is 1. The zero-order valence-corrected chi connectivity index (χ0v) is 13.6. The van der Waals surface area contributed by atoms with E-state index in [1.807, 2.05) is 25.1 Å². The number of aliphatic carboxylic acids is 1. The van der Waals surface area contributed by atoms with E-state index in [4.69, 9.17) is 0 Å². The van der Waals surface area contributed by atoms with Crippen LogP contribution < -0.4 is 5.11 Å². The summed E-state index contributed by atoms with van der Waals surface area (Å²) < 4.78 is 1.53. The quantitative estimate of drug-likeness (QED) is 0.666. The van der Waals surface area contributed by atoms with Crippen LogP contribution in [0.4, 0.5) is 0 Å². The lowest BCUT2D eigenvalue weighted by atomic mass is 10.2. The van der Waals surface area contributed by atoms with Gasteiger partial charge in [0, 0.05) is 4.90 Å². The fraction of sp³-hybridized carbons (Fsp3) is 0.250. The molecule has 2 heterocycles. The first-order valence-electron chi connectivity index (χ1n) is 7.23. The molecule has 0 spiro atoms. The Hall–Kier alpha value is -2.41. The van der Waals surface area contributed by atoms with Crippen molar-refractivity contribution in [2.45, 2.75) is 36.2 Å². The Balaban J connectivity index is 2.03. The molecule has 118 valence electrons. The Morgan fingerprint density at radius 3 is 2.87 bits per heavy atom. The number of aromatic nitrogens is 4. The van der Waals surface area contributed by atoms with Gasteiger partial charge in [-0.15, -0.1) is 0 Å². The van der Waals surface area contributed by atoms with E-state index >= 15 is 0 Å². The van der Waals surface area contributed by atoms with E-state index in [0.717, 1.165) is 10.5 Å². The second kappa shape index (κ2) is 6.37. The van der Waals surface area contributed by atoms with E-state index in [-0.39, 0.29) is 0 Å². The molecular weight excluding hydrogens is 312 g/mol. The molecular formula is C16H15N4O2S-. The molecule has 0 saturated heterocycles. The van der Waals surface area contributed by atoms with E-state index in [0.29, 0.717) is 22.6 Å². The van der Waals surface area contributed by atoms with E-state index in [1.165, 1.54) is 29.0 Å². The molecule has 6 nitrogen and oxygen atoms in total. The molecule has 1 unspecified atom stereocenters. The summed E-state index contributed by atoms with van der Waals surface area (Å²) in [5, 5.41) is 12.0. The van der Waals surface area contributed by atoms with Gasteiger partial charge < -0.3 is 14.5 Å². The van der Waals surface area contributed by atoms with Crippen LogP contribution in [0.2, 0.25) is 0 Å². The average Bonchev–Trinajstić information content (AvgIpc) is 2.93. The number of benzene rings is 1. The Morgan fingerprint density at radius 2 is 2.17 bits per heavy atom. The zero-order valence-electron chi connectivity index (χ0n) is 12.8. The summed E-state index contributed by atoms with van der Waals surface area (Å²) in [7, 11) is 0. The zero-order chi connectivity index (χ0) is 16.4. The third kappa shape index (κ3) is 3.05. The molecule has 0 radical (unpaired) electrons. The van der Waals surface area contributed by atoms with Crippen LogP contribution in [0.1, 0.15) is 24.9 Å². The maximum absolute atomic E-state index is 11.3. The van der Waals surface area contributed by atoms with Gasteiger partial charge in [-0.3, -0.25) is 0 Å². The molecule has 0 N–H and O–H groups in total. The summed E-state index contributed by atoms with van der Waals surface area (Å²) in [6.45, 7) is 3.82. The van der Waals surface area contributed by atoms with Gasteiger partial charge in [0.2, 0.25) is 0 Å². The van der Waals surface area contributed by atoms with Crippen molar-refractivity contribution in [1.29, 1.82) is 0 Å². The highest BCUT2D eigenvalue weighted by Crippen LogP contribution is 2.31. The third-order valence-corrected chi connectivity index (χ3v) is 4.51. The number of imidazole rings is 1. The van der Waals surface area contributed by atoms with Crippen LogP contribution in [0, 0.1) is 6.92 Å². The van der Waals surface area contributed by atoms with Crippen molar-refractivity contribution < 1.29 is 9.90 Å². The van der Waals surface area contributed by atoms with Gasteiger partial charge in [-0.2, -0.15) is 0 Å². The predicted molar refractivity (Wildman–Crippen MR) is 85.0 cm³/mol. The molecule has 7 heteroatoms. The van der Waals surface area contributed by atoms with Crippen molar-refractivity contribution in [3.63, 3.8) is 0 Å². The lowest BCUT2D eigenvalue weighted by Gasteiger charge is -2.17. The first kappa shape index (κ1) is 15.5. The highest BCUT2D eigenvalue weighted by Gasteiger charge is 2.17. The van der Waals surface area contributed by atoms with Crippen molar-refractivity contribution in [2.24, 2.45) is 0 Å². The van der Waals surface area contributed by atoms with Crippen molar-refractivity contribution in [1.82, 2.24) is 19.5 Å². The van der Waals surface area contributed by atoms with E-state index in [9.17, 15) is 9.90 Å². The standard InChI is InChI=1S/C16H16N4O2S/c1-3-12(16(21)22)20-9-19-13-14(20)17-8-18-15(13)23-11-6-4-5-10(2)7-11/h4-9,12H,3H2,1-2H3,(H,21,22)/p-1. The normalized spacial score (nSPS) is 12.4. The predicted octanol–water partition coefficient (Wildman–Crippen LogP) is 1.99. The lowest BCUT2D eigenvalue weighted by molar-refractivity contribution is -0.310. The maximum Gasteiger partial charge on any atom is 0.165 e. The smallest absolute Gasteiger partial charge is 0.165 e. The van der Waals surface area contributed by atoms with Gasteiger partial charge in [-0.1, -0.05) is 36.4 Å². The van der Waals surface area contributed by atoms with Gasteiger partial charge in [0.1, 0.15) is 16.9 Å².